The van der Waals surface area contributed by atoms with Gasteiger partial charge in [0, 0.05) is 6.42 Å². The molecule has 4 aromatic carbocycles. The van der Waals surface area contributed by atoms with Gasteiger partial charge in [-0.05, 0) is 63.0 Å². The third-order valence-corrected chi connectivity index (χ3v) is 5.26. The number of hydrogen-bond donors (Lipinski definition) is 1. The molecule has 170 valence electrons. The van der Waals surface area contributed by atoms with Gasteiger partial charge in [0.05, 0.1) is 4.47 Å². The first-order chi connectivity index (χ1) is 16.0. The van der Waals surface area contributed by atoms with Gasteiger partial charge in [0.1, 0.15) is 23.9 Å². The Morgan fingerprint density at radius 1 is 0.727 bits per heavy atom. The predicted octanol–water partition coefficient (Wildman–Crippen LogP) is 7.61. The van der Waals surface area contributed by atoms with Crippen LogP contribution in [0.1, 0.15) is 16.7 Å². The molecule has 0 saturated heterocycles. The van der Waals surface area contributed by atoms with Gasteiger partial charge in [0.15, 0.2) is 0 Å². The van der Waals surface area contributed by atoms with Crippen LogP contribution in [0.4, 0.5) is 8.78 Å². The van der Waals surface area contributed by atoms with Crippen molar-refractivity contribution < 1.29 is 23.4 Å². The number of alkyl halides is 2. The Bertz CT molecular complexity index is 1120. The number of halogens is 3. The van der Waals surface area contributed by atoms with Crippen LogP contribution < -0.4 is 9.47 Å². The number of aromatic hydroxyl groups is 1. The van der Waals surface area contributed by atoms with Crippen molar-refractivity contribution in [1.29, 1.82) is 0 Å². The first-order valence-electron chi connectivity index (χ1n) is 10.2. The molecule has 0 fully saturated rings. The molecule has 0 aliphatic heterocycles. The van der Waals surface area contributed by atoms with Gasteiger partial charge in [-0.3, -0.25) is 0 Å². The van der Waals surface area contributed by atoms with Crippen LogP contribution in [0.2, 0.25) is 0 Å². The standard InChI is InChI=1S/C14H12F2O2.C13H11BrO/c15-14(16)18-12-7-5-10(6-8-12)9-11-3-1-2-4-13(11)17;14-12-8-4-5-9-13(12)15-10-11-6-2-1-3-7-11/h1-8,14,17H,9H2;1-9H,10H2. The fourth-order valence-corrected chi connectivity index (χ4v) is 3.37. The third kappa shape index (κ3) is 8.24. The summed E-state index contributed by atoms with van der Waals surface area (Å²) in [6.07, 6.45) is 0.543. The molecule has 4 aromatic rings. The highest BCUT2D eigenvalue weighted by molar-refractivity contribution is 9.10. The Kier molecular flexibility index (Phi) is 9.27. The molecular weight excluding hydrogens is 490 g/mol. The number of hydrogen-bond acceptors (Lipinski definition) is 3. The van der Waals surface area contributed by atoms with Gasteiger partial charge in [-0.15, -0.1) is 0 Å². The van der Waals surface area contributed by atoms with E-state index >= 15 is 0 Å². The highest BCUT2D eigenvalue weighted by Gasteiger charge is 2.05. The summed E-state index contributed by atoms with van der Waals surface area (Å²) in [6, 6.07) is 31.4. The summed E-state index contributed by atoms with van der Waals surface area (Å²) >= 11 is 3.44. The molecule has 0 aliphatic carbocycles. The second kappa shape index (κ2) is 12.6. The van der Waals surface area contributed by atoms with Gasteiger partial charge < -0.3 is 14.6 Å². The number of ether oxygens (including phenoxy) is 2. The van der Waals surface area contributed by atoms with E-state index in [0.29, 0.717) is 13.0 Å². The fourth-order valence-electron chi connectivity index (χ4n) is 2.97. The van der Waals surface area contributed by atoms with Gasteiger partial charge >= 0.3 is 6.61 Å². The smallest absolute Gasteiger partial charge is 0.387 e. The maximum Gasteiger partial charge on any atom is 0.387 e. The van der Waals surface area contributed by atoms with E-state index in [9.17, 15) is 13.9 Å². The molecule has 0 spiro atoms. The van der Waals surface area contributed by atoms with E-state index in [-0.39, 0.29) is 11.5 Å². The lowest BCUT2D eigenvalue weighted by Gasteiger charge is -2.07. The van der Waals surface area contributed by atoms with E-state index in [1.807, 2.05) is 54.6 Å². The molecule has 0 aliphatic rings. The Morgan fingerprint density at radius 2 is 1.36 bits per heavy atom. The average molecular weight is 513 g/mol. The van der Waals surface area contributed by atoms with E-state index < -0.39 is 6.61 Å². The summed E-state index contributed by atoms with van der Waals surface area (Å²) in [5, 5.41) is 9.62. The molecule has 0 heterocycles. The summed E-state index contributed by atoms with van der Waals surface area (Å²) in [4.78, 5) is 0. The lowest BCUT2D eigenvalue weighted by molar-refractivity contribution is -0.0498. The van der Waals surface area contributed by atoms with Gasteiger partial charge in [-0.2, -0.15) is 8.78 Å². The first kappa shape index (κ1) is 24.3. The number of rotatable bonds is 7. The predicted molar refractivity (Wildman–Crippen MR) is 129 cm³/mol. The van der Waals surface area contributed by atoms with Crippen LogP contribution in [0, 0.1) is 0 Å². The third-order valence-electron chi connectivity index (χ3n) is 4.61. The SMILES string of the molecule is Brc1ccccc1OCc1ccccc1.Oc1ccccc1Cc1ccc(OC(F)F)cc1. The van der Waals surface area contributed by atoms with Crippen LogP contribution in [0.15, 0.2) is 108 Å². The van der Waals surface area contributed by atoms with Crippen LogP contribution in [0.5, 0.6) is 17.2 Å². The highest BCUT2D eigenvalue weighted by Crippen LogP contribution is 2.24. The van der Waals surface area contributed by atoms with E-state index in [0.717, 1.165) is 21.3 Å². The average Bonchev–Trinajstić information content (AvgIpc) is 2.82. The van der Waals surface area contributed by atoms with Gasteiger partial charge in [0.25, 0.3) is 0 Å². The van der Waals surface area contributed by atoms with E-state index in [1.54, 1.807) is 24.3 Å². The summed E-state index contributed by atoms with van der Waals surface area (Å²) < 4.78 is 34.9. The first-order valence-corrected chi connectivity index (χ1v) is 11.0. The van der Waals surface area contributed by atoms with Crippen molar-refractivity contribution in [3.63, 3.8) is 0 Å². The van der Waals surface area contributed by atoms with Crippen LogP contribution in [-0.4, -0.2) is 11.7 Å². The molecule has 33 heavy (non-hydrogen) atoms. The molecule has 0 saturated carbocycles. The molecule has 0 unspecified atom stereocenters. The zero-order valence-electron chi connectivity index (χ0n) is 17.7. The Morgan fingerprint density at radius 3 is 2.03 bits per heavy atom. The Hall–Kier alpha value is -3.38. The van der Waals surface area contributed by atoms with Crippen molar-refractivity contribution in [2.24, 2.45) is 0 Å². The van der Waals surface area contributed by atoms with E-state index in [2.05, 4.69) is 32.8 Å². The molecule has 0 radical (unpaired) electrons. The molecule has 6 heteroatoms. The van der Waals surface area contributed by atoms with Crippen molar-refractivity contribution in [1.82, 2.24) is 0 Å². The van der Waals surface area contributed by atoms with E-state index in [1.165, 1.54) is 17.7 Å². The highest BCUT2D eigenvalue weighted by atomic mass is 79.9. The summed E-state index contributed by atoms with van der Waals surface area (Å²) in [5.41, 5.74) is 2.88. The topological polar surface area (TPSA) is 38.7 Å². The maximum absolute atomic E-state index is 12.0. The number of phenolic OH excluding ortho intramolecular Hbond substituents is 1. The van der Waals surface area contributed by atoms with Crippen molar-refractivity contribution in [3.05, 3.63) is 124 Å². The zero-order valence-corrected chi connectivity index (χ0v) is 19.3. The second-order valence-corrected chi connectivity index (χ2v) is 7.89. The molecule has 1 N–H and O–H groups in total. The quantitative estimate of drug-likeness (QED) is 0.277. The second-order valence-electron chi connectivity index (χ2n) is 7.03. The largest absolute Gasteiger partial charge is 0.508 e. The molecular formula is C27H23BrF2O3. The minimum absolute atomic E-state index is 0.131. The lowest BCUT2D eigenvalue weighted by atomic mass is 10.0. The number of phenols is 1. The van der Waals surface area contributed by atoms with Crippen molar-refractivity contribution in [2.75, 3.05) is 0 Å². The molecule has 0 aromatic heterocycles. The normalized spacial score (nSPS) is 10.3. The zero-order chi connectivity index (χ0) is 23.5. The molecule has 4 rings (SSSR count). The number of benzene rings is 4. The lowest BCUT2D eigenvalue weighted by Crippen LogP contribution is -2.01. The van der Waals surface area contributed by atoms with Gasteiger partial charge in [0.2, 0.25) is 0 Å². The molecule has 0 atom stereocenters. The van der Waals surface area contributed by atoms with Crippen LogP contribution in [0.25, 0.3) is 0 Å². The maximum atomic E-state index is 12.0. The van der Waals surface area contributed by atoms with Crippen LogP contribution in [-0.2, 0) is 13.0 Å². The fraction of sp³-hybridized carbons (Fsp3) is 0.111. The Balaban J connectivity index is 0.000000189. The minimum Gasteiger partial charge on any atom is -0.508 e. The molecule has 0 bridgehead atoms. The Labute approximate surface area is 200 Å². The van der Waals surface area contributed by atoms with Crippen LogP contribution in [0.3, 0.4) is 0 Å². The summed E-state index contributed by atoms with van der Waals surface area (Å²) in [7, 11) is 0. The van der Waals surface area contributed by atoms with Crippen molar-refractivity contribution >= 4 is 15.9 Å². The van der Waals surface area contributed by atoms with Gasteiger partial charge in [-0.25, -0.2) is 0 Å². The molecule has 0 amide bonds. The van der Waals surface area contributed by atoms with Crippen molar-refractivity contribution in [2.45, 2.75) is 19.6 Å². The van der Waals surface area contributed by atoms with Gasteiger partial charge in [-0.1, -0.05) is 72.8 Å². The van der Waals surface area contributed by atoms with E-state index in [4.69, 9.17) is 4.74 Å². The molecule has 3 nitrogen and oxygen atoms in total. The number of para-hydroxylation sites is 2. The van der Waals surface area contributed by atoms with Crippen molar-refractivity contribution in [3.8, 4) is 17.2 Å². The minimum atomic E-state index is -2.81. The monoisotopic (exact) mass is 512 g/mol. The summed E-state index contributed by atoms with van der Waals surface area (Å²) in [6.45, 7) is -2.21. The van der Waals surface area contributed by atoms with Crippen LogP contribution >= 0.6 is 15.9 Å². The summed E-state index contributed by atoms with van der Waals surface area (Å²) in [5.74, 6) is 1.23.